The van der Waals surface area contributed by atoms with Gasteiger partial charge in [0, 0.05) is 12.7 Å². The number of nitrogens with one attached hydrogen (secondary N) is 1. The molecule has 0 unspecified atom stereocenters. The largest absolute Gasteiger partial charge is 0.494 e. The van der Waals surface area contributed by atoms with Gasteiger partial charge in [-0.3, -0.25) is 0 Å². The molecule has 0 spiro atoms. The van der Waals surface area contributed by atoms with E-state index in [0.717, 1.165) is 36.7 Å². The summed E-state index contributed by atoms with van der Waals surface area (Å²) in [6, 6.07) is 13.7. The Kier molecular flexibility index (Phi) is 6.39. The summed E-state index contributed by atoms with van der Waals surface area (Å²) in [5.74, 6) is 2.51. The summed E-state index contributed by atoms with van der Waals surface area (Å²) in [7, 11) is 0. The van der Waals surface area contributed by atoms with Gasteiger partial charge in [0.15, 0.2) is 11.6 Å². The lowest BCUT2D eigenvalue weighted by molar-refractivity contribution is 0.312. The quantitative estimate of drug-likeness (QED) is 0.713. The number of hydrogen-bond donors (Lipinski definition) is 1. The molecular formula is C17H22N2O2. The van der Waals surface area contributed by atoms with Gasteiger partial charge in [0.25, 0.3) is 0 Å². The molecule has 0 saturated carbocycles. The highest BCUT2D eigenvalue weighted by Crippen LogP contribution is 2.20. The number of para-hydroxylation sites is 1. The summed E-state index contributed by atoms with van der Waals surface area (Å²) in [5.41, 5.74) is 0. The molecule has 2 aromatic rings. The molecule has 1 aromatic heterocycles. The van der Waals surface area contributed by atoms with Crippen LogP contribution in [-0.4, -0.2) is 24.7 Å². The third kappa shape index (κ3) is 5.34. The molecule has 0 atom stereocenters. The van der Waals surface area contributed by atoms with Gasteiger partial charge in [0.2, 0.25) is 0 Å². The first-order valence-electron chi connectivity index (χ1n) is 7.39. The van der Waals surface area contributed by atoms with Crippen molar-refractivity contribution in [2.45, 2.75) is 19.8 Å². The summed E-state index contributed by atoms with van der Waals surface area (Å²) in [6.07, 6.45) is 3.65. The number of rotatable bonds is 9. The highest BCUT2D eigenvalue weighted by Gasteiger charge is 2.03. The molecule has 4 nitrogen and oxygen atoms in total. The Morgan fingerprint density at radius 3 is 2.67 bits per heavy atom. The number of pyridine rings is 1. The summed E-state index contributed by atoms with van der Waals surface area (Å²) in [4.78, 5) is 4.31. The Morgan fingerprint density at radius 2 is 1.86 bits per heavy atom. The molecular weight excluding hydrogens is 264 g/mol. The average molecular weight is 286 g/mol. The lowest BCUT2D eigenvalue weighted by atomic mass is 10.3. The zero-order valence-electron chi connectivity index (χ0n) is 12.4. The molecule has 4 heteroatoms. The van der Waals surface area contributed by atoms with Gasteiger partial charge in [-0.15, -0.1) is 0 Å². The molecule has 1 N–H and O–H groups in total. The first-order chi connectivity index (χ1) is 10.4. The number of hydrogen-bond acceptors (Lipinski definition) is 4. The lowest BCUT2D eigenvalue weighted by Crippen LogP contribution is -2.09. The van der Waals surface area contributed by atoms with Crippen LogP contribution in [0.1, 0.15) is 19.8 Å². The minimum atomic E-state index is 0.676. The number of ether oxygens (including phenoxy) is 2. The van der Waals surface area contributed by atoms with Gasteiger partial charge in [-0.05, 0) is 37.1 Å². The molecule has 1 heterocycles. The second kappa shape index (κ2) is 8.84. The topological polar surface area (TPSA) is 43.4 Å². The second-order valence-electron chi connectivity index (χ2n) is 4.64. The zero-order chi connectivity index (χ0) is 14.8. The van der Waals surface area contributed by atoms with E-state index in [1.807, 2.05) is 42.5 Å². The molecule has 0 radical (unpaired) electrons. The van der Waals surface area contributed by atoms with E-state index in [9.17, 15) is 0 Å². The van der Waals surface area contributed by atoms with Gasteiger partial charge < -0.3 is 14.8 Å². The van der Waals surface area contributed by atoms with Crippen molar-refractivity contribution in [1.82, 2.24) is 4.98 Å². The van der Waals surface area contributed by atoms with E-state index >= 15 is 0 Å². The van der Waals surface area contributed by atoms with Crippen LogP contribution in [0.3, 0.4) is 0 Å². The maximum atomic E-state index is 5.66. The van der Waals surface area contributed by atoms with E-state index in [4.69, 9.17) is 9.47 Å². The van der Waals surface area contributed by atoms with Crippen molar-refractivity contribution in [3.63, 3.8) is 0 Å². The van der Waals surface area contributed by atoms with E-state index in [0.29, 0.717) is 13.2 Å². The van der Waals surface area contributed by atoms with E-state index < -0.39 is 0 Å². The Hall–Kier alpha value is -2.23. The summed E-state index contributed by atoms with van der Waals surface area (Å²) < 4.78 is 11.3. The Morgan fingerprint density at radius 1 is 1.00 bits per heavy atom. The van der Waals surface area contributed by atoms with Crippen LogP contribution in [0.2, 0.25) is 0 Å². The van der Waals surface area contributed by atoms with Crippen molar-refractivity contribution in [3.8, 4) is 11.5 Å². The molecule has 0 saturated heterocycles. The Balaban J connectivity index is 1.71. The van der Waals surface area contributed by atoms with Crippen molar-refractivity contribution < 1.29 is 9.47 Å². The predicted molar refractivity (Wildman–Crippen MR) is 85.1 cm³/mol. The van der Waals surface area contributed by atoms with Gasteiger partial charge >= 0.3 is 0 Å². The van der Waals surface area contributed by atoms with Crippen LogP contribution in [0.5, 0.6) is 11.5 Å². The second-order valence-corrected chi connectivity index (χ2v) is 4.64. The molecule has 21 heavy (non-hydrogen) atoms. The van der Waals surface area contributed by atoms with Crippen molar-refractivity contribution >= 4 is 5.82 Å². The van der Waals surface area contributed by atoms with Crippen molar-refractivity contribution in [3.05, 3.63) is 48.7 Å². The van der Waals surface area contributed by atoms with Crippen LogP contribution in [0.15, 0.2) is 48.7 Å². The molecule has 0 aliphatic carbocycles. The maximum absolute atomic E-state index is 5.66. The summed E-state index contributed by atoms with van der Waals surface area (Å²) in [6.45, 7) is 4.27. The molecule has 1 aromatic carbocycles. The third-order valence-electron chi connectivity index (χ3n) is 2.86. The van der Waals surface area contributed by atoms with Crippen molar-refractivity contribution in [2.75, 3.05) is 25.1 Å². The number of benzene rings is 1. The number of aromatic nitrogens is 1. The molecule has 2 rings (SSSR count). The molecule has 112 valence electrons. The SMILES string of the molecule is CCCOc1cccnc1NCCCOc1ccccc1. The third-order valence-corrected chi connectivity index (χ3v) is 2.86. The van der Waals surface area contributed by atoms with Gasteiger partial charge in [0.1, 0.15) is 5.75 Å². The van der Waals surface area contributed by atoms with E-state index in [1.54, 1.807) is 6.20 Å². The van der Waals surface area contributed by atoms with Crippen molar-refractivity contribution in [2.24, 2.45) is 0 Å². The van der Waals surface area contributed by atoms with E-state index in [1.165, 1.54) is 0 Å². The maximum Gasteiger partial charge on any atom is 0.168 e. The molecule has 0 fully saturated rings. The normalized spacial score (nSPS) is 10.1. The van der Waals surface area contributed by atoms with E-state index in [2.05, 4.69) is 17.2 Å². The highest BCUT2D eigenvalue weighted by molar-refractivity contribution is 5.49. The van der Waals surface area contributed by atoms with Crippen LogP contribution in [0, 0.1) is 0 Å². The minimum absolute atomic E-state index is 0.676. The van der Waals surface area contributed by atoms with Gasteiger partial charge in [-0.1, -0.05) is 25.1 Å². The Bertz CT molecular complexity index is 517. The lowest BCUT2D eigenvalue weighted by Gasteiger charge is -2.11. The first kappa shape index (κ1) is 15.2. The fourth-order valence-corrected chi connectivity index (χ4v) is 1.84. The molecule has 0 bridgehead atoms. The fourth-order valence-electron chi connectivity index (χ4n) is 1.84. The minimum Gasteiger partial charge on any atom is -0.494 e. The van der Waals surface area contributed by atoms with Gasteiger partial charge in [-0.25, -0.2) is 4.98 Å². The van der Waals surface area contributed by atoms with Gasteiger partial charge in [0.05, 0.1) is 13.2 Å². The van der Waals surface area contributed by atoms with Crippen LogP contribution in [0.4, 0.5) is 5.82 Å². The van der Waals surface area contributed by atoms with Crippen LogP contribution >= 0.6 is 0 Å². The standard InChI is InChI=1S/C17H22N2O2/c1-2-13-21-16-10-6-11-18-17(16)19-12-7-14-20-15-8-4-3-5-9-15/h3-6,8-11H,2,7,12-14H2,1H3,(H,18,19). The predicted octanol–water partition coefficient (Wildman–Crippen LogP) is 3.75. The first-order valence-corrected chi connectivity index (χ1v) is 7.39. The van der Waals surface area contributed by atoms with Crippen LogP contribution in [-0.2, 0) is 0 Å². The van der Waals surface area contributed by atoms with Crippen LogP contribution < -0.4 is 14.8 Å². The summed E-state index contributed by atoms with van der Waals surface area (Å²) >= 11 is 0. The number of anilines is 1. The van der Waals surface area contributed by atoms with Gasteiger partial charge in [-0.2, -0.15) is 0 Å². The zero-order valence-corrected chi connectivity index (χ0v) is 12.4. The Labute approximate surface area is 126 Å². The monoisotopic (exact) mass is 286 g/mol. The fraction of sp³-hybridized carbons (Fsp3) is 0.353. The van der Waals surface area contributed by atoms with Crippen molar-refractivity contribution in [1.29, 1.82) is 0 Å². The van der Waals surface area contributed by atoms with E-state index in [-0.39, 0.29) is 0 Å². The smallest absolute Gasteiger partial charge is 0.168 e. The summed E-state index contributed by atoms with van der Waals surface area (Å²) in [5, 5.41) is 3.29. The molecule has 0 amide bonds. The average Bonchev–Trinajstić information content (AvgIpc) is 2.54. The number of nitrogens with zero attached hydrogens (tertiary/aromatic N) is 1. The van der Waals surface area contributed by atoms with Crippen LogP contribution in [0.25, 0.3) is 0 Å². The molecule has 0 aliphatic rings. The highest BCUT2D eigenvalue weighted by atomic mass is 16.5. The molecule has 0 aliphatic heterocycles.